The molecule has 0 bridgehead atoms. The Morgan fingerprint density at radius 1 is 1.24 bits per heavy atom. The van der Waals surface area contributed by atoms with Gasteiger partial charge in [-0.3, -0.25) is 9.59 Å². The molecular weight excluding hydrogens is 342 g/mol. The van der Waals surface area contributed by atoms with Crippen LogP contribution in [0.5, 0.6) is 0 Å². The molecule has 2 N–H and O–H groups in total. The Labute approximate surface area is 148 Å². The van der Waals surface area contributed by atoms with Crippen molar-refractivity contribution in [3.8, 4) is 0 Å². The van der Waals surface area contributed by atoms with E-state index in [0.29, 0.717) is 32.4 Å². The van der Waals surface area contributed by atoms with Crippen LogP contribution in [0.2, 0.25) is 0 Å². The summed E-state index contributed by atoms with van der Waals surface area (Å²) < 4.78 is 25.5. The number of aryl methyl sites for hydroxylation is 1. The fourth-order valence-electron chi connectivity index (χ4n) is 2.74. The maximum atomic E-state index is 11.9. The van der Waals surface area contributed by atoms with E-state index < -0.39 is 10.0 Å². The predicted molar refractivity (Wildman–Crippen MR) is 94.4 cm³/mol. The fraction of sp³-hybridized carbons (Fsp3) is 0.529. The molecule has 2 amide bonds. The van der Waals surface area contributed by atoms with E-state index in [4.69, 9.17) is 0 Å². The van der Waals surface area contributed by atoms with Gasteiger partial charge in [0.05, 0.1) is 4.90 Å². The monoisotopic (exact) mass is 367 g/mol. The van der Waals surface area contributed by atoms with Gasteiger partial charge in [-0.2, -0.15) is 0 Å². The van der Waals surface area contributed by atoms with Gasteiger partial charge in [-0.15, -0.1) is 0 Å². The number of benzene rings is 1. The zero-order valence-corrected chi connectivity index (χ0v) is 15.3. The van der Waals surface area contributed by atoms with E-state index in [2.05, 4.69) is 10.0 Å². The van der Waals surface area contributed by atoms with Gasteiger partial charge in [0.15, 0.2) is 0 Å². The molecule has 0 aliphatic carbocycles. The van der Waals surface area contributed by atoms with Gasteiger partial charge >= 0.3 is 0 Å². The van der Waals surface area contributed by atoms with Crippen molar-refractivity contribution in [3.05, 3.63) is 29.8 Å². The van der Waals surface area contributed by atoms with Crippen LogP contribution in [-0.4, -0.2) is 51.8 Å². The third kappa shape index (κ3) is 5.82. The maximum Gasteiger partial charge on any atom is 0.240 e. The number of carbonyl (C=O) groups is 2. The number of hydrogen-bond acceptors (Lipinski definition) is 4. The van der Waals surface area contributed by atoms with E-state index in [9.17, 15) is 18.0 Å². The van der Waals surface area contributed by atoms with Crippen molar-refractivity contribution < 1.29 is 18.0 Å². The standard InChI is InChI=1S/C17H25N3O4S/c1-18-25(23,24)15-8-5-14(6-9-15)7-10-16(21)19-11-3-13-20-12-2-4-17(20)22/h5-6,8-9,18H,2-4,7,10-13H2,1H3,(H,19,21). The molecule has 25 heavy (non-hydrogen) atoms. The average Bonchev–Trinajstić information content (AvgIpc) is 3.02. The first-order valence-corrected chi connectivity index (χ1v) is 9.97. The van der Waals surface area contributed by atoms with E-state index in [1.807, 2.05) is 4.90 Å². The Morgan fingerprint density at radius 3 is 2.56 bits per heavy atom. The normalized spacial score (nSPS) is 14.8. The van der Waals surface area contributed by atoms with Crippen molar-refractivity contribution in [2.45, 2.75) is 37.0 Å². The van der Waals surface area contributed by atoms with E-state index in [1.165, 1.54) is 19.2 Å². The van der Waals surface area contributed by atoms with Crippen LogP contribution in [0.4, 0.5) is 0 Å². The summed E-state index contributed by atoms with van der Waals surface area (Å²) in [5, 5.41) is 2.85. The van der Waals surface area contributed by atoms with Crippen molar-refractivity contribution in [1.82, 2.24) is 14.9 Å². The van der Waals surface area contributed by atoms with Crippen LogP contribution in [0.3, 0.4) is 0 Å². The third-order valence-corrected chi connectivity index (χ3v) is 5.67. The van der Waals surface area contributed by atoms with Crippen molar-refractivity contribution in [3.63, 3.8) is 0 Å². The molecule has 1 saturated heterocycles. The third-order valence-electron chi connectivity index (χ3n) is 4.24. The summed E-state index contributed by atoms with van der Waals surface area (Å²) in [4.78, 5) is 25.4. The molecule has 0 radical (unpaired) electrons. The average molecular weight is 367 g/mol. The summed E-state index contributed by atoms with van der Waals surface area (Å²) in [7, 11) is -2.06. The van der Waals surface area contributed by atoms with Crippen molar-refractivity contribution >= 4 is 21.8 Å². The number of amides is 2. The summed E-state index contributed by atoms with van der Waals surface area (Å²) in [5.74, 6) is 0.162. The molecule has 8 heteroatoms. The van der Waals surface area contributed by atoms with E-state index in [0.717, 1.165) is 24.9 Å². The molecule has 138 valence electrons. The topological polar surface area (TPSA) is 95.6 Å². The van der Waals surface area contributed by atoms with Gasteiger partial charge < -0.3 is 10.2 Å². The lowest BCUT2D eigenvalue weighted by Crippen LogP contribution is -2.30. The minimum Gasteiger partial charge on any atom is -0.356 e. The quantitative estimate of drug-likeness (QED) is 0.627. The Kier molecular flexibility index (Phi) is 6.95. The summed E-state index contributed by atoms with van der Waals surface area (Å²) in [6.07, 6.45) is 3.23. The fourth-order valence-corrected chi connectivity index (χ4v) is 3.47. The van der Waals surface area contributed by atoms with Gasteiger partial charge in [0.1, 0.15) is 0 Å². The molecule has 1 heterocycles. The first-order chi connectivity index (χ1) is 11.9. The number of rotatable bonds is 9. The van der Waals surface area contributed by atoms with Crippen LogP contribution in [0.1, 0.15) is 31.2 Å². The molecule has 1 aliphatic heterocycles. The highest BCUT2D eigenvalue weighted by Gasteiger charge is 2.19. The number of nitrogens with zero attached hydrogens (tertiary/aromatic N) is 1. The van der Waals surface area contributed by atoms with Crippen LogP contribution in [0, 0.1) is 0 Å². The highest BCUT2D eigenvalue weighted by atomic mass is 32.2. The van der Waals surface area contributed by atoms with E-state index in [-0.39, 0.29) is 16.7 Å². The zero-order valence-electron chi connectivity index (χ0n) is 14.5. The smallest absolute Gasteiger partial charge is 0.240 e. The zero-order chi connectivity index (χ0) is 18.3. The van der Waals surface area contributed by atoms with Crippen LogP contribution in [-0.2, 0) is 26.0 Å². The highest BCUT2D eigenvalue weighted by molar-refractivity contribution is 7.89. The van der Waals surface area contributed by atoms with Crippen molar-refractivity contribution in [1.29, 1.82) is 0 Å². The first-order valence-electron chi connectivity index (χ1n) is 8.49. The van der Waals surface area contributed by atoms with Gasteiger partial charge in [0.2, 0.25) is 21.8 Å². The molecule has 0 spiro atoms. The minimum atomic E-state index is -3.43. The lowest BCUT2D eigenvalue weighted by Gasteiger charge is -2.15. The second-order valence-corrected chi connectivity index (χ2v) is 7.93. The molecule has 0 saturated carbocycles. The number of carbonyl (C=O) groups excluding carboxylic acids is 2. The SMILES string of the molecule is CNS(=O)(=O)c1ccc(CCC(=O)NCCCN2CCCC2=O)cc1. The molecule has 7 nitrogen and oxygen atoms in total. The molecule has 0 aromatic heterocycles. The second-order valence-electron chi connectivity index (χ2n) is 6.04. The van der Waals surface area contributed by atoms with E-state index in [1.54, 1.807) is 12.1 Å². The molecule has 0 unspecified atom stereocenters. The summed E-state index contributed by atoms with van der Waals surface area (Å²) in [6, 6.07) is 6.51. The van der Waals surface area contributed by atoms with E-state index >= 15 is 0 Å². The minimum absolute atomic E-state index is 0.0420. The number of nitrogens with one attached hydrogen (secondary N) is 2. The lowest BCUT2D eigenvalue weighted by atomic mass is 10.1. The summed E-state index contributed by atoms with van der Waals surface area (Å²) >= 11 is 0. The van der Waals surface area contributed by atoms with Gasteiger partial charge in [-0.05, 0) is 44.0 Å². The van der Waals surface area contributed by atoms with Crippen LogP contribution in [0.15, 0.2) is 29.2 Å². The largest absolute Gasteiger partial charge is 0.356 e. The molecule has 0 atom stereocenters. The maximum absolute atomic E-state index is 11.9. The molecule has 1 aromatic rings. The van der Waals surface area contributed by atoms with Gasteiger partial charge in [-0.25, -0.2) is 13.1 Å². The lowest BCUT2D eigenvalue weighted by molar-refractivity contribution is -0.127. The number of sulfonamides is 1. The number of likely N-dealkylation sites (tertiary alicyclic amines) is 1. The van der Waals surface area contributed by atoms with Crippen LogP contribution < -0.4 is 10.0 Å². The van der Waals surface area contributed by atoms with Crippen molar-refractivity contribution in [2.75, 3.05) is 26.7 Å². The molecule has 2 rings (SSSR count). The van der Waals surface area contributed by atoms with Crippen molar-refractivity contribution in [2.24, 2.45) is 0 Å². The second kappa shape index (κ2) is 8.96. The van der Waals surface area contributed by atoms with Crippen LogP contribution >= 0.6 is 0 Å². The van der Waals surface area contributed by atoms with Gasteiger partial charge in [0, 0.05) is 32.5 Å². The molecular formula is C17H25N3O4S. The molecule has 1 aromatic carbocycles. The first kappa shape index (κ1) is 19.4. The Bertz CT molecular complexity index is 701. The molecule has 1 aliphatic rings. The highest BCUT2D eigenvalue weighted by Crippen LogP contribution is 2.12. The van der Waals surface area contributed by atoms with Gasteiger partial charge in [-0.1, -0.05) is 12.1 Å². The Hall–Kier alpha value is -1.93. The summed E-state index contributed by atoms with van der Waals surface area (Å²) in [5.41, 5.74) is 0.910. The Balaban J connectivity index is 1.67. The molecule has 1 fully saturated rings. The number of hydrogen-bond donors (Lipinski definition) is 2. The summed E-state index contributed by atoms with van der Waals surface area (Å²) in [6.45, 7) is 2.08. The Morgan fingerprint density at radius 2 is 1.96 bits per heavy atom. The van der Waals surface area contributed by atoms with Gasteiger partial charge in [0.25, 0.3) is 0 Å². The van der Waals surface area contributed by atoms with Crippen LogP contribution in [0.25, 0.3) is 0 Å². The predicted octanol–water partition coefficient (Wildman–Crippen LogP) is 0.656.